The van der Waals surface area contributed by atoms with E-state index in [0.29, 0.717) is 6.07 Å². The van der Waals surface area contributed by atoms with E-state index in [0.717, 1.165) is 22.9 Å². The Labute approximate surface area is 112 Å². The maximum atomic E-state index is 13.1. The van der Waals surface area contributed by atoms with E-state index < -0.39 is 28.7 Å². The van der Waals surface area contributed by atoms with Gasteiger partial charge in [0.05, 0.1) is 12.3 Å². The van der Waals surface area contributed by atoms with Gasteiger partial charge < -0.3 is 4.74 Å². The Morgan fingerprint density at radius 1 is 1.30 bits per heavy atom. The van der Waals surface area contributed by atoms with Crippen molar-refractivity contribution in [3.63, 3.8) is 0 Å². The summed E-state index contributed by atoms with van der Waals surface area (Å²) in [5, 5.41) is 3.74. The zero-order valence-corrected chi connectivity index (χ0v) is 10.5. The Balaban J connectivity index is 2.51. The number of hydrogen-bond donors (Lipinski definition) is 0. The third kappa shape index (κ3) is 2.87. The second kappa shape index (κ2) is 5.60. The van der Waals surface area contributed by atoms with Crippen LogP contribution in [0, 0.1) is 11.6 Å². The van der Waals surface area contributed by atoms with Gasteiger partial charge in [0.15, 0.2) is 0 Å². The van der Waals surface area contributed by atoms with E-state index in [4.69, 9.17) is 0 Å². The van der Waals surface area contributed by atoms with E-state index in [9.17, 15) is 18.4 Å². The number of carbonyl (C=O) groups excluding carboxylic acids is 1. The number of carbonyl (C=O) groups is 1. The second-order valence-corrected chi connectivity index (χ2v) is 3.82. The Morgan fingerprint density at radius 2 is 1.95 bits per heavy atom. The minimum absolute atomic E-state index is 0.0491. The summed E-state index contributed by atoms with van der Waals surface area (Å²) >= 11 is 0. The standard InChI is InChI=1S/C13H10F2N2O3/c1-2-20-13(19)12-11(18)3-4-17(16-12)10-6-8(14)5-9(15)7-10/h3-7H,2H2,1H3. The Kier molecular flexibility index (Phi) is 3.88. The quantitative estimate of drug-likeness (QED) is 0.803. The van der Waals surface area contributed by atoms with Gasteiger partial charge in [-0.2, -0.15) is 5.10 Å². The van der Waals surface area contributed by atoms with Crippen molar-refractivity contribution >= 4 is 5.97 Å². The first-order valence-corrected chi connectivity index (χ1v) is 5.75. The Morgan fingerprint density at radius 3 is 2.55 bits per heavy atom. The molecule has 104 valence electrons. The van der Waals surface area contributed by atoms with Crippen LogP contribution in [0.3, 0.4) is 0 Å². The first kappa shape index (κ1) is 13.9. The fraction of sp³-hybridized carbons (Fsp3) is 0.154. The Hall–Kier alpha value is -2.57. The van der Waals surface area contributed by atoms with Gasteiger partial charge in [0, 0.05) is 18.3 Å². The second-order valence-electron chi connectivity index (χ2n) is 3.82. The maximum Gasteiger partial charge on any atom is 0.362 e. The van der Waals surface area contributed by atoms with Gasteiger partial charge >= 0.3 is 5.97 Å². The number of hydrogen-bond acceptors (Lipinski definition) is 4. The van der Waals surface area contributed by atoms with Crippen molar-refractivity contribution in [2.75, 3.05) is 6.61 Å². The monoisotopic (exact) mass is 280 g/mol. The largest absolute Gasteiger partial charge is 0.461 e. The molecule has 0 unspecified atom stereocenters. The van der Waals surface area contributed by atoms with E-state index in [1.807, 2.05) is 0 Å². The predicted octanol–water partition coefficient (Wildman–Crippen LogP) is 1.69. The van der Waals surface area contributed by atoms with Crippen LogP contribution in [0.25, 0.3) is 5.69 Å². The van der Waals surface area contributed by atoms with E-state index >= 15 is 0 Å². The molecule has 0 saturated carbocycles. The van der Waals surface area contributed by atoms with Crippen LogP contribution < -0.4 is 5.43 Å². The van der Waals surface area contributed by atoms with Gasteiger partial charge in [-0.3, -0.25) is 4.79 Å². The molecule has 0 bridgehead atoms. The highest BCUT2D eigenvalue weighted by Gasteiger charge is 2.14. The van der Waals surface area contributed by atoms with Crippen LogP contribution >= 0.6 is 0 Å². The van der Waals surface area contributed by atoms with Gasteiger partial charge in [-0.1, -0.05) is 0 Å². The van der Waals surface area contributed by atoms with Gasteiger partial charge in [-0.25, -0.2) is 18.3 Å². The zero-order chi connectivity index (χ0) is 14.7. The molecule has 0 saturated heterocycles. The molecule has 0 atom stereocenters. The third-order valence-electron chi connectivity index (χ3n) is 2.39. The van der Waals surface area contributed by atoms with Crippen LogP contribution in [-0.2, 0) is 4.74 Å². The molecule has 0 fully saturated rings. The van der Waals surface area contributed by atoms with Crippen molar-refractivity contribution in [1.29, 1.82) is 0 Å². The van der Waals surface area contributed by atoms with Crippen molar-refractivity contribution in [2.45, 2.75) is 6.92 Å². The minimum Gasteiger partial charge on any atom is -0.461 e. The van der Waals surface area contributed by atoms with Gasteiger partial charge in [0.1, 0.15) is 11.6 Å². The summed E-state index contributed by atoms with van der Waals surface area (Å²) in [4.78, 5) is 23.1. The number of esters is 1. The molecule has 0 radical (unpaired) electrons. The number of benzene rings is 1. The van der Waals surface area contributed by atoms with Gasteiger partial charge in [0.2, 0.25) is 11.1 Å². The van der Waals surface area contributed by atoms with E-state index in [2.05, 4.69) is 9.84 Å². The Bertz CT molecular complexity index is 693. The fourth-order valence-electron chi connectivity index (χ4n) is 1.56. The van der Waals surface area contributed by atoms with Gasteiger partial charge in [-0.15, -0.1) is 0 Å². The topological polar surface area (TPSA) is 61.2 Å². The van der Waals surface area contributed by atoms with Crippen LogP contribution in [0.15, 0.2) is 35.3 Å². The normalized spacial score (nSPS) is 10.3. The van der Waals surface area contributed by atoms with Crippen LogP contribution in [-0.4, -0.2) is 22.4 Å². The molecule has 2 aromatic rings. The van der Waals surface area contributed by atoms with Crippen LogP contribution in [0.2, 0.25) is 0 Å². The van der Waals surface area contributed by atoms with Gasteiger partial charge in [0.25, 0.3) is 0 Å². The summed E-state index contributed by atoms with van der Waals surface area (Å²) in [6, 6.07) is 3.82. The summed E-state index contributed by atoms with van der Waals surface area (Å²) in [7, 11) is 0. The van der Waals surface area contributed by atoms with Crippen molar-refractivity contribution in [1.82, 2.24) is 9.78 Å². The fourth-order valence-corrected chi connectivity index (χ4v) is 1.56. The highest BCUT2D eigenvalue weighted by molar-refractivity contribution is 5.86. The molecule has 0 aliphatic rings. The lowest BCUT2D eigenvalue weighted by molar-refractivity contribution is 0.0515. The molecule has 1 heterocycles. The van der Waals surface area contributed by atoms with E-state index in [1.165, 1.54) is 6.20 Å². The van der Waals surface area contributed by atoms with E-state index in [-0.39, 0.29) is 12.3 Å². The lowest BCUT2D eigenvalue weighted by Gasteiger charge is -2.07. The molecule has 0 aliphatic carbocycles. The molecule has 0 N–H and O–H groups in total. The average molecular weight is 280 g/mol. The maximum absolute atomic E-state index is 13.1. The average Bonchev–Trinajstić information content (AvgIpc) is 2.38. The zero-order valence-electron chi connectivity index (χ0n) is 10.5. The molecule has 0 spiro atoms. The predicted molar refractivity (Wildman–Crippen MR) is 65.7 cm³/mol. The molecule has 20 heavy (non-hydrogen) atoms. The van der Waals surface area contributed by atoms with Crippen LogP contribution in [0.1, 0.15) is 17.4 Å². The number of rotatable bonds is 3. The molecule has 7 heteroatoms. The summed E-state index contributed by atoms with van der Waals surface area (Å²) < 4.78 is 32.0. The van der Waals surface area contributed by atoms with Crippen molar-refractivity contribution in [3.8, 4) is 5.69 Å². The molecule has 5 nitrogen and oxygen atoms in total. The molecular weight excluding hydrogens is 270 g/mol. The number of aromatic nitrogens is 2. The molecule has 0 amide bonds. The minimum atomic E-state index is -0.885. The highest BCUT2D eigenvalue weighted by Crippen LogP contribution is 2.11. The van der Waals surface area contributed by atoms with E-state index in [1.54, 1.807) is 6.92 Å². The molecule has 1 aromatic carbocycles. The molecule has 2 rings (SSSR count). The first-order valence-electron chi connectivity index (χ1n) is 5.75. The number of ether oxygens (including phenoxy) is 1. The third-order valence-corrected chi connectivity index (χ3v) is 2.39. The van der Waals surface area contributed by atoms with Gasteiger partial charge in [-0.05, 0) is 19.1 Å². The van der Waals surface area contributed by atoms with Crippen molar-refractivity contribution in [2.24, 2.45) is 0 Å². The van der Waals surface area contributed by atoms with Crippen molar-refractivity contribution in [3.05, 3.63) is 58.0 Å². The lowest BCUT2D eigenvalue weighted by Crippen LogP contribution is -2.22. The lowest BCUT2D eigenvalue weighted by atomic mass is 10.3. The molecule has 0 aliphatic heterocycles. The number of nitrogens with zero attached hydrogens (tertiary/aromatic N) is 2. The summed E-state index contributed by atoms with van der Waals surface area (Å²) in [5.41, 5.74) is -1.02. The molecule has 1 aromatic heterocycles. The highest BCUT2D eigenvalue weighted by atomic mass is 19.1. The number of halogens is 2. The summed E-state index contributed by atoms with van der Waals surface area (Å²) in [6.07, 6.45) is 1.21. The molecular formula is C13H10F2N2O3. The summed E-state index contributed by atoms with van der Waals surface area (Å²) in [5.74, 6) is -2.47. The smallest absolute Gasteiger partial charge is 0.362 e. The first-order chi connectivity index (χ1) is 9.51. The SMILES string of the molecule is CCOC(=O)c1nn(-c2cc(F)cc(F)c2)ccc1=O. The summed E-state index contributed by atoms with van der Waals surface area (Å²) in [6.45, 7) is 1.67. The van der Waals surface area contributed by atoms with Crippen molar-refractivity contribution < 1.29 is 18.3 Å². The van der Waals surface area contributed by atoms with Crippen LogP contribution in [0.5, 0.6) is 0 Å². The van der Waals surface area contributed by atoms with Crippen LogP contribution in [0.4, 0.5) is 8.78 Å².